The van der Waals surface area contributed by atoms with Gasteiger partial charge in [0.2, 0.25) is 0 Å². The summed E-state index contributed by atoms with van der Waals surface area (Å²) in [4.78, 5) is 4.56. The predicted octanol–water partition coefficient (Wildman–Crippen LogP) is 3.01. The third-order valence-electron chi connectivity index (χ3n) is 3.90. The first-order valence-corrected chi connectivity index (χ1v) is 11.4. The van der Waals surface area contributed by atoms with Gasteiger partial charge in [-0.25, -0.2) is 9.35 Å². The van der Waals surface area contributed by atoms with E-state index in [1.165, 1.54) is 6.20 Å². The molecule has 1 aromatic rings. The number of hydrogen-bond acceptors (Lipinski definition) is 4. The van der Waals surface area contributed by atoms with Crippen LogP contribution in [0.15, 0.2) is 27.3 Å². The number of nitrogens with zero attached hydrogens (tertiary/aromatic N) is 2. The van der Waals surface area contributed by atoms with E-state index >= 15 is 0 Å². The number of rotatable bonds is 3. The number of nitrogens with two attached hydrogens (primary N) is 1. The number of aliphatic hydroxyl groups is 1. The van der Waals surface area contributed by atoms with E-state index in [4.69, 9.17) is 5.14 Å². The van der Waals surface area contributed by atoms with Crippen molar-refractivity contribution >= 4 is 18.2 Å². The van der Waals surface area contributed by atoms with Crippen molar-refractivity contribution in [3.63, 3.8) is 0 Å². The van der Waals surface area contributed by atoms with Crippen LogP contribution in [-0.2, 0) is 15.5 Å². The van der Waals surface area contributed by atoms with Crippen LogP contribution in [0.4, 0.5) is 0 Å². The van der Waals surface area contributed by atoms with Crippen molar-refractivity contribution < 1.29 is 9.32 Å². The normalized spacial score (nSPS) is 16.4. The van der Waals surface area contributed by atoms with Crippen LogP contribution in [0, 0.1) is 0 Å². The van der Waals surface area contributed by atoms with Crippen LogP contribution in [-0.4, -0.2) is 22.5 Å². The third-order valence-corrected chi connectivity index (χ3v) is 11.4. The fourth-order valence-corrected chi connectivity index (χ4v) is 6.14. The van der Waals surface area contributed by atoms with Crippen molar-refractivity contribution in [3.05, 3.63) is 24.0 Å². The van der Waals surface area contributed by atoms with Crippen LogP contribution < -0.4 is 5.14 Å². The summed E-state index contributed by atoms with van der Waals surface area (Å²) in [7, 11) is -5.10. The number of pyridine rings is 1. The highest BCUT2D eigenvalue weighted by Crippen LogP contribution is 2.37. The molecule has 1 aromatic heterocycles. The SMILES string of the molecule is CC(C)(O)c1ccc(S(N)(=O)=N[Si](C)(C)C(C)(C)C)cn1. The Balaban J connectivity index is 3.29. The van der Waals surface area contributed by atoms with E-state index < -0.39 is 23.8 Å². The molecule has 7 heteroatoms. The molecular weight excluding hydrogens is 302 g/mol. The second kappa shape index (κ2) is 5.46. The van der Waals surface area contributed by atoms with Crippen molar-refractivity contribution in [3.8, 4) is 0 Å². The molecule has 1 heterocycles. The Kier molecular flexibility index (Phi) is 4.75. The zero-order chi connectivity index (χ0) is 16.7. The summed E-state index contributed by atoms with van der Waals surface area (Å²) in [5.41, 5.74) is -0.529. The van der Waals surface area contributed by atoms with Gasteiger partial charge >= 0.3 is 0 Å². The first kappa shape index (κ1) is 18.3. The van der Waals surface area contributed by atoms with E-state index in [1.54, 1.807) is 26.0 Å². The highest BCUT2D eigenvalue weighted by Gasteiger charge is 2.37. The lowest BCUT2D eigenvalue weighted by Gasteiger charge is -2.32. The monoisotopic (exact) mass is 329 g/mol. The molecule has 120 valence electrons. The maximum atomic E-state index is 12.8. The van der Waals surface area contributed by atoms with Gasteiger partial charge in [0.1, 0.15) is 15.5 Å². The maximum Gasteiger partial charge on any atom is 0.195 e. The Morgan fingerprint density at radius 2 is 1.76 bits per heavy atom. The highest BCUT2D eigenvalue weighted by atomic mass is 32.2. The summed E-state index contributed by atoms with van der Waals surface area (Å²) in [6, 6.07) is 3.28. The number of aromatic nitrogens is 1. The molecule has 0 amide bonds. The summed E-state index contributed by atoms with van der Waals surface area (Å²) in [5.74, 6) is 0. The van der Waals surface area contributed by atoms with Crippen LogP contribution in [0.5, 0.6) is 0 Å². The topological polar surface area (TPSA) is 88.6 Å². The van der Waals surface area contributed by atoms with Gasteiger partial charge in [0.25, 0.3) is 0 Å². The van der Waals surface area contributed by atoms with Gasteiger partial charge in [0, 0.05) is 6.20 Å². The predicted molar refractivity (Wildman–Crippen MR) is 89.7 cm³/mol. The van der Waals surface area contributed by atoms with Crippen molar-refractivity contribution in [1.82, 2.24) is 4.98 Å². The third kappa shape index (κ3) is 4.35. The zero-order valence-electron chi connectivity index (χ0n) is 14.0. The summed E-state index contributed by atoms with van der Waals surface area (Å²) in [5, 5.41) is 15.8. The zero-order valence-corrected chi connectivity index (χ0v) is 15.8. The molecule has 5 nitrogen and oxygen atoms in total. The Labute approximate surface area is 129 Å². The minimum absolute atomic E-state index is 0.0323. The molecule has 0 aliphatic carbocycles. The van der Waals surface area contributed by atoms with E-state index in [0.717, 1.165) is 0 Å². The molecule has 0 aromatic carbocycles. The maximum absolute atomic E-state index is 12.8. The molecule has 0 saturated carbocycles. The molecule has 1 rings (SSSR count). The minimum atomic E-state index is -2.97. The molecule has 0 bridgehead atoms. The molecule has 0 aliphatic heterocycles. The van der Waals surface area contributed by atoms with E-state index in [0.29, 0.717) is 10.6 Å². The second-order valence-electron chi connectivity index (χ2n) is 7.41. The highest BCUT2D eigenvalue weighted by molar-refractivity contribution is 7.92. The van der Waals surface area contributed by atoms with Crippen molar-refractivity contribution in [2.45, 2.75) is 63.2 Å². The van der Waals surface area contributed by atoms with Gasteiger partial charge in [-0.3, -0.25) is 9.01 Å². The van der Waals surface area contributed by atoms with E-state index in [2.05, 4.69) is 42.9 Å². The van der Waals surface area contributed by atoms with Crippen LogP contribution >= 0.6 is 0 Å². The average molecular weight is 330 g/mol. The molecule has 0 aliphatic rings. The smallest absolute Gasteiger partial charge is 0.195 e. The lowest BCUT2D eigenvalue weighted by Crippen LogP contribution is -2.37. The van der Waals surface area contributed by atoms with Crippen LogP contribution in [0.2, 0.25) is 18.1 Å². The fourth-order valence-electron chi connectivity index (χ4n) is 1.44. The molecule has 0 spiro atoms. The van der Waals surface area contributed by atoms with Crippen molar-refractivity contribution in [2.24, 2.45) is 9.17 Å². The van der Waals surface area contributed by atoms with E-state index in [1.807, 2.05) is 0 Å². The van der Waals surface area contributed by atoms with Gasteiger partial charge in [0.05, 0.1) is 10.6 Å². The molecule has 3 N–H and O–H groups in total. The Hall–Kier alpha value is -0.763. The Morgan fingerprint density at radius 3 is 2.10 bits per heavy atom. The van der Waals surface area contributed by atoms with Crippen LogP contribution in [0.25, 0.3) is 0 Å². The van der Waals surface area contributed by atoms with E-state index in [9.17, 15) is 9.32 Å². The molecule has 1 unspecified atom stereocenters. The molecule has 0 radical (unpaired) electrons. The van der Waals surface area contributed by atoms with Gasteiger partial charge in [-0.1, -0.05) is 20.8 Å². The van der Waals surface area contributed by atoms with Gasteiger partial charge in [-0.2, -0.15) is 0 Å². The molecule has 21 heavy (non-hydrogen) atoms. The summed E-state index contributed by atoms with van der Waals surface area (Å²) in [6.45, 7) is 13.7. The van der Waals surface area contributed by atoms with E-state index in [-0.39, 0.29) is 5.04 Å². The van der Waals surface area contributed by atoms with Gasteiger partial charge in [-0.05, 0) is 44.1 Å². The summed E-state index contributed by atoms with van der Waals surface area (Å²) >= 11 is 0. The minimum Gasteiger partial charge on any atom is -0.384 e. The molecule has 0 fully saturated rings. The fraction of sp³-hybridized carbons (Fsp3) is 0.643. The first-order valence-electron chi connectivity index (χ1n) is 6.92. The summed E-state index contributed by atoms with van der Waals surface area (Å²) in [6.07, 6.45) is 1.45. The van der Waals surface area contributed by atoms with Gasteiger partial charge < -0.3 is 5.11 Å². The summed E-state index contributed by atoms with van der Waals surface area (Å²) < 4.78 is 17.3. The van der Waals surface area contributed by atoms with Gasteiger partial charge in [0.15, 0.2) is 8.24 Å². The molecule has 0 saturated heterocycles. The largest absolute Gasteiger partial charge is 0.384 e. The average Bonchev–Trinajstić information content (AvgIpc) is 2.25. The van der Waals surface area contributed by atoms with Gasteiger partial charge in [-0.15, -0.1) is 0 Å². The quantitative estimate of drug-likeness (QED) is 0.835. The van der Waals surface area contributed by atoms with Crippen LogP contribution in [0.3, 0.4) is 0 Å². The van der Waals surface area contributed by atoms with Crippen LogP contribution in [0.1, 0.15) is 40.3 Å². The number of hydrogen-bond donors (Lipinski definition) is 2. The lowest BCUT2D eigenvalue weighted by atomic mass is 10.1. The first-order chi connectivity index (χ1) is 9.17. The van der Waals surface area contributed by atoms with Crippen molar-refractivity contribution in [2.75, 3.05) is 0 Å². The standard InChI is InChI=1S/C14H27N3O2SSi/c1-13(2,3)21(6,7)17-20(15,19)11-8-9-12(16-10-11)14(4,5)18/h8-10,18H,1-7H3,(H2,15,17,19). The molecule has 1 atom stereocenters. The van der Waals surface area contributed by atoms with Crippen molar-refractivity contribution in [1.29, 1.82) is 0 Å². The Morgan fingerprint density at radius 1 is 1.24 bits per heavy atom. The Bertz CT molecular complexity index is 619. The second-order valence-corrected chi connectivity index (χ2v) is 14.4. The molecular formula is C14H27N3O2SSi. The lowest BCUT2D eigenvalue weighted by molar-refractivity contribution is 0.0737.